The molecule has 4 N–H and O–H groups in total. The first kappa shape index (κ1) is 20.7. The van der Waals surface area contributed by atoms with E-state index in [1.165, 1.54) is 16.6 Å². The zero-order chi connectivity index (χ0) is 18.4. The fraction of sp³-hybridized carbons (Fsp3) is 0.550. The van der Waals surface area contributed by atoms with E-state index in [1.54, 1.807) is 0 Å². The number of hydrogen-bond donors (Lipinski definition) is 3. The predicted octanol–water partition coefficient (Wildman–Crippen LogP) is 3.36. The quantitative estimate of drug-likeness (QED) is 0.745. The molecule has 3 rings (SSSR count). The Morgan fingerprint density at radius 2 is 2.08 bits per heavy atom. The molecule has 26 heavy (non-hydrogen) atoms. The Morgan fingerprint density at radius 1 is 1.38 bits per heavy atom. The van der Waals surface area contributed by atoms with Gasteiger partial charge < -0.3 is 20.8 Å². The van der Waals surface area contributed by atoms with Crippen LogP contribution in [-0.2, 0) is 16.1 Å². The van der Waals surface area contributed by atoms with Crippen LogP contribution in [0.4, 0.5) is 0 Å². The lowest BCUT2D eigenvalue weighted by Crippen LogP contribution is -2.75. The first-order chi connectivity index (χ1) is 11.7. The average molecular weight is 380 g/mol. The molecule has 1 amide bonds. The number of carbonyl (C=O) groups excluding carboxylic acids is 1. The maximum absolute atomic E-state index is 12.7. The van der Waals surface area contributed by atoms with Gasteiger partial charge in [0.05, 0.1) is 6.10 Å². The lowest BCUT2D eigenvalue weighted by Gasteiger charge is -2.57. The summed E-state index contributed by atoms with van der Waals surface area (Å²) in [7, 11) is 0. The summed E-state index contributed by atoms with van der Waals surface area (Å²) < 4.78 is 5.70. The summed E-state index contributed by atoms with van der Waals surface area (Å²) in [5.74, 6) is -0.101. The van der Waals surface area contributed by atoms with Gasteiger partial charge in [0.15, 0.2) is 0 Å². The van der Waals surface area contributed by atoms with E-state index in [0.717, 1.165) is 11.1 Å². The van der Waals surface area contributed by atoms with Crippen LogP contribution in [-0.4, -0.2) is 29.1 Å². The molecule has 0 bridgehead atoms. The van der Waals surface area contributed by atoms with E-state index in [1.807, 2.05) is 26.8 Å². The van der Waals surface area contributed by atoms with Gasteiger partial charge in [-0.05, 0) is 44.0 Å². The van der Waals surface area contributed by atoms with E-state index < -0.39 is 5.54 Å². The Balaban J connectivity index is 0.00000243. The van der Waals surface area contributed by atoms with Crippen molar-refractivity contribution in [3.05, 3.63) is 35.0 Å². The highest BCUT2D eigenvalue weighted by molar-refractivity contribution is 5.89. The second-order valence-corrected chi connectivity index (χ2v) is 7.78. The van der Waals surface area contributed by atoms with Crippen LogP contribution in [0.1, 0.15) is 44.0 Å². The molecule has 2 unspecified atom stereocenters. The molecule has 0 aliphatic heterocycles. The van der Waals surface area contributed by atoms with E-state index in [2.05, 4.69) is 36.3 Å². The molecule has 5 nitrogen and oxygen atoms in total. The number of benzene rings is 1. The molecule has 1 aliphatic rings. The fourth-order valence-corrected chi connectivity index (χ4v) is 3.78. The van der Waals surface area contributed by atoms with Crippen molar-refractivity contribution in [3.63, 3.8) is 0 Å². The second kappa shape index (κ2) is 7.22. The molecule has 0 spiro atoms. The third kappa shape index (κ3) is 3.13. The van der Waals surface area contributed by atoms with Crippen LogP contribution >= 0.6 is 12.4 Å². The SMILES string of the molecule is CCOC1CC(N)(C(=O)NCc2ccc3[nH]c(C)c(C)c3c2)C1(C)C.Cl. The van der Waals surface area contributed by atoms with Gasteiger partial charge in [0.25, 0.3) is 0 Å². The van der Waals surface area contributed by atoms with Crippen molar-refractivity contribution in [2.24, 2.45) is 11.1 Å². The average Bonchev–Trinajstić information content (AvgIpc) is 2.86. The number of aromatic nitrogens is 1. The molecule has 1 aromatic heterocycles. The highest BCUT2D eigenvalue weighted by Gasteiger charge is 2.62. The van der Waals surface area contributed by atoms with Gasteiger partial charge in [0.1, 0.15) is 5.54 Å². The molecule has 0 radical (unpaired) electrons. The van der Waals surface area contributed by atoms with Crippen molar-refractivity contribution in [2.45, 2.75) is 59.2 Å². The maximum atomic E-state index is 12.7. The largest absolute Gasteiger partial charge is 0.378 e. The van der Waals surface area contributed by atoms with Crippen molar-refractivity contribution in [1.82, 2.24) is 10.3 Å². The number of aromatic amines is 1. The number of fused-ring (bicyclic) bond motifs is 1. The molecule has 1 fully saturated rings. The Labute approximate surface area is 161 Å². The lowest BCUT2D eigenvalue weighted by atomic mass is 9.54. The molecule has 2 atom stereocenters. The minimum Gasteiger partial charge on any atom is -0.378 e. The van der Waals surface area contributed by atoms with Crippen LogP contribution in [0, 0.1) is 19.3 Å². The number of amides is 1. The maximum Gasteiger partial charge on any atom is 0.241 e. The second-order valence-electron chi connectivity index (χ2n) is 7.78. The van der Waals surface area contributed by atoms with Gasteiger partial charge in [0, 0.05) is 41.6 Å². The van der Waals surface area contributed by atoms with E-state index in [4.69, 9.17) is 10.5 Å². The fourth-order valence-electron chi connectivity index (χ4n) is 3.78. The lowest BCUT2D eigenvalue weighted by molar-refractivity contribution is -0.170. The number of nitrogens with one attached hydrogen (secondary N) is 2. The Bertz CT molecular complexity index is 815. The van der Waals surface area contributed by atoms with Crippen LogP contribution in [0.2, 0.25) is 0 Å². The molecule has 1 saturated carbocycles. The molecule has 0 saturated heterocycles. The Hall–Kier alpha value is -1.56. The van der Waals surface area contributed by atoms with Crippen molar-refractivity contribution in [1.29, 1.82) is 0 Å². The summed E-state index contributed by atoms with van der Waals surface area (Å²) in [4.78, 5) is 16.1. The smallest absolute Gasteiger partial charge is 0.241 e. The van der Waals surface area contributed by atoms with Crippen molar-refractivity contribution in [2.75, 3.05) is 6.61 Å². The van der Waals surface area contributed by atoms with Gasteiger partial charge in [0.2, 0.25) is 5.91 Å². The molecular weight excluding hydrogens is 350 g/mol. The molecule has 144 valence electrons. The zero-order valence-corrected chi connectivity index (χ0v) is 17.0. The van der Waals surface area contributed by atoms with Crippen LogP contribution in [0.3, 0.4) is 0 Å². The molecule has 6 heteroatoms. The number of nitrogens with two attached hydrogens (primary N) is 1. The number of H-pyrrole nitrogens is 1. The van der Waals surface area contributed by atoms with Gasteiger partial charge in [-0.3, -0.25) is 4.79 Å². The van der Waals surface area contributed by atoms with Crippen LogP contribution in [0.25, 0.3) is 10.9 Å². The summed E-state index contributed by atoms with van der Waals surface area (Å²) in [6.07, 6.45) is 0.601. The third-order valence-electron chi connectivity index (χ3n) is 6.06. The van der Waals surface area contributed by atoms with Gasteiger partial charge in [-0.25, -0.2) is 0 Å². The molecule has 1 heterocycles. The minimum atomic E-state index is -0.877. The number of rotatable bonds is 5. The minimum absolute atomic E-state index is 0. The highest BCUT2D eigenvalue weighted by Crippen LogP contribution is 2.49. The van der Waals surface area contributed by atoms with Gasteiger partial charge in [-0.1, -0.05) is 19.9 Å². The molecule has 1 aliphatic carbocycles. The highest BCUT2D eigenvalue weighted by atomic mass is 35.5. The van der Waals surface area contributed by atoms with E-state index in [0.29, 0.717) is 19.6 Å². The van der Waals surface area contributed by atoms with Gasteiger partial charge >= 0.3 is 0 Å². The zero-order valence-electron chi connectivity index (χ0n) is 16.2. The summed E-state index contributed by atoms with van der Waals surface area (Å²) >= 11 is 0. The summed E-state index contributed by atoms with van der Waals surface area (Å²) in [6.45, 7) is 11.3. The number of halogens is 1. The van der Waals surface area contributed by atoms with Gasteiger partial charge in [-0.15, -0.1) is 12.4 Å². The van der Waals surface area contributed by atoms with E-state index in [-0.39, 0.29) is 29.8 Å². The van der Waals surface area contributed by atoms with Gasteiger partial charge in [-0.2, -0.15) is 0 Å². The first-order valence-electron chi connectivity index (χ1n) is 8.97. The van der Waals surface area contributed by atoms with Crippen molar-refractivity contribution in [3.8, 4) is 0 Å². The van der Waals surface area contributed by atoms with Crippen LogP contribution in [0.15, 0.2) is 18.2 Å². The third-order valence-corrected chi connectivity index (χ3v) is 6.06. The summed E-state index contributed by atoms with van der Waals surface area (Å²) in [6, 6.07) is 6.23. The van der Waals surface area contributed by atoms with E-state index in [9.17, 15) is 4.79 Å². The van der Waals surface area contributed by atoms with Crippen molar-refractivity contribution < 1.29 is 9.53 Å². The normalized spacial score (nSPS) is 24.0. The topological polar surface area (TPSA) is 80.1 Å². The number of carbonyl (C=O) groups is 1. The van der Waals surface area contributed by atoms with Crippen molar-refractivity contribution >= 4 is 29.2 Å². The number of aryl methyl sites for hydroxylation is 2. The monoisotopic (exact) mass is 379 g/mol. The summed E-state index contributed by atoms with van der Waals surface area (Å²) in [5.41, 5.74) is 9.81. The van der Waals surface area contributed by atoms with Crippen LogP contribution in [0.5, 0.6) is 0 Å². The molecule has 2 aromatic rings. The van der Waals surface area contributed by atoms with Crippen LogP contribution < -0.4 is 11.1 Å². The Kier molecular flexibility index (Phi) is 5.76. The molecular formula is C20H30ClN3O2. The first-order valence-corrected chi connectivity index (χ1v) is 8.97. The van der Waals surface area contributed by atoms with E-state index >= 15 is 0 Å². The Morgan fingerprint density at radius 3 is 2.69 bits per heavy atom. The molecule has 1 aromatic carbocycles. The standard InChI is InChI=1S/C20H29N3O2.ClH/c1-6-25-17-10-20(21,19(17,4)5)18(24)22-11-14-7-8-16-15(9-14)12(2)13(3)23-16;/h7-9,17,23H,6,10-11,21H2,1-5H3,(H,22,24);1H. The number of ether oxygens (including phenoxy) is 1. The summed E-state index contributed by atoms with van der Waals surface area (Å²) in [5, 5.41) is 4.22. The number of hydrogen-bond acceptors (Lipinski definition) is 3. The predicted molar refractivity (Wildman–Crippen MR) is 108 cm³/mol.